The van der Waals surface area contributed by atoms with Gasteiger partial charge in [0.1, 0.15) is 5.69 Å². The monoisotopic (exact) mass is 386 g/mol. The van der Waals surface area contributed by atoms with Crippen LogP contribution in [0.4, 0.5) is 0 Å². The molecule has 0 unspecified atom stereocenters. The second kappa shape index (κ2) is 8.90. The van der Waals surface area contributed by atoms with E-state index in [1.165, 1.54) is 18.4 Å². The van der Waals surface area contributed by atoms with Gasteiger partial charge in [-0.3, -0.25) is 9.59 Å². The quantitative estimate of drug-likeness (QED) is 0.788. The average Bonchev–Trinajstić information content (AvgIpc) is 3.14. The predicted octanol–water partition coefficient (Wildman–Crippen LogP) is 2.31. The summed E-state index contributed by atoms with van der Waals surface area (Å²) in [6.07, 6.45) is 10.9. The number of carbonyl (C=O) groups excluding carboxylic acids is 2. The summed E-state index contributed by atoms with van der Waals surface area (Å²) in [5.41, 5.74) is 2.80. The topological polar surface area (TPSA) is 76.5 Å². The zero-order valence-corrected chi connectivity index (χ0v) is 16.5. The van der Waals surface area contributed by atoms with Gasteiger partial charge in [-0.15, -0.1) is 0 Å². The van der Waals surface area contributed by atoms with Crippen LogP contribution in [-0.4, -0.2) is 59.1 Å². The summed E-state index contributed by atoms with van der Waals surface area (Å²) in [5.74, 6) is 0.178. The molecule has 7 heteroatoms. The van der Waals surface area contributed by atoms with Gasteiger partial charge in [0, 0.05) is 26.2 Å². The number of allylic oxidation sites excluding steroid dienone is 1. The molecule has 2 aliphatic heterocycles. The van der Waals surface area contributed by atoms with Crippen molar-refractivity contribution in [2.75, 3.05) is 32.8 Å². The van der Waals surface area contributed by atoms with Gasteiger partial charge in [-0.25, -0.2) is 4.98 Å². The van der Waals surface area contributed by atoms with Crippen molar-refractivity contribution in [1.82, 2.24) is 19.8 Å². The first-order chi connectivity index (χ1) is 13.7. The second-order valence-corrected chi connectivity index (χ2v) is 7.86. The number of rotatable bonds is 5. The molecule has 7 nitrogen and oxygen atoms in total. The minimum Gasteiger partial charge on any atom is -0.378 e. The van der Waals surface area contributed by atoms with E-state index in [2.05, 4.69) is 16.4 Å². The Morgan fingerprint density at radius 2 is 1.89 bits per heavy atom. The number of nitrogens with one attached hydrogen (secondary N) is 1. The summed E-state index contributed by atoms with van der Waals surface area (Å²) in [5, 5.41) is 3.03. The minimum absolute atomic E-state index is 0.0853. The van der Waals surface area contributed by atoms with E-state index in [0.717, 1.165) is 50.8 Å². The molecule has 1 aromatic heterocycles. The molecular formula is C21H30N4O3. The Bertz CT molecular complexity index is 762. The lowest BCUT2D eigenvalue weighted by Crippen LogP contribution is -2.42. The molecule has 0 saturated carbocycles. The van der Waals surface area contributed by atoms with Crippen molar-refractivity contribution in [3.8, 4) is 0 Å². The number of carbonyl (C=O) groups is 2. The third-order valence-electron chi connectivity index (χ3n) is 5.94. The number of ether oxygens (including phenoxy) is 1. The molecule has 2 amide bonds. The molecule has 152 valence electrons. The number of amides is 2. The highest BCUT2D eigenvalue weighted by molar-refractivity contribution is 5.97. The highest BCUT2D eigenvalue weighted by Gasteiger charge is 2.30. The zero-order chi connectivity index (χ0) is 19.3. The fourth-order valence-corrected chi connectivity index (χ4v) is 4.35. The van der Waals surface area contributed by atoms with E-state index in [0.29, 0.717) is 44.4 Å². The van der Waals surface area contributed by atoms with Crippen LogP contribution in [0.15, 0.2) is 11.6 Å². The van der Waals surface area contributed by atoms with Crippen molar-refractivity contribution in [3.05, 3.63) is 28.9 Å². The second-order valence-electron chi connectivity index (χ2n) is 7.86. The summed E-state index contributed by atoms with van der Waals surface area (Å²) in [6.45, 7) is 3.66. The van der Waals surface area contributed by atoms with Gasteiger partial charge in [-0.2, -0.15) is 0 Å². The normalized spacial score (nSPS) is 19.7. The van der Waals surface area contributed by atoms with Gasteiger partial charge in [0.2, 0.25) is 0 Å². The van der Waals surface area contributed by atoms with E-state index in [9.17, 15) is 9.59 Å². The van der Waals surface area contributed by atoms with E-state index in [-0.39, 0.29) is 11.8 Å². The van der Waals surface area contributed by atoms with Crippen LogP contribution in [0.5, 0.6) is 0 Å². The summed E-state index contributed by atoms with van der Waals surface area (Å²) in [6, 6.07) is 0. The van der Waals surface area contributed by atoms with Crippen molar-refractivity contribution >= 4 is 11.8 Å². The van der Waals surface area contributed by atoms with E-state index in [1.807, 2.05) is 4.57 Å². The maximum atomic E-state index is 13.0. The van der Waals surface area contributed by atoms with Crippen molar-refractivity contribution in [2.45, 2.75) is 57.9 Å². The Morgan fingerprint density at radius 1 is 1.07 bits per heavy atom. The molecular weight excluding hydrogens is 356 g/mol. The molecule has 1 saturated heterocycles. The minimum atomic E-state index is -0.150. The molecule has 3 heterocycles. The number of fused-ring (bicyclic) bond motifs is 1. The maximum Gasteiger partial charge on any atom is 0.290 e. The highest BCUT2D eigenvalue weighted by atomic mass is 16.5. The van der Waals surface area contributed by atoms with Crippen LogP contribution >= 0.6 is 0 Å². The summed E-state index contributed by atoms with van der Waals surface area (Å²) < 4.78 is 7.32. The molecule has 0 aromatic carbocycles. The maximum absolute atomic E-state index is 13.0. The van der Waals surface area contributed by atoms with Crippen LogP contribution in [0, 0.1) is 0 Å². The molecule has 0 atom stereocenters. The van der Waals surface area contributed by atoms with E-state index < -0.39 is 0 Å². The Kier molecular flexibility index (Phi) is 6.10. The number of hydrogen-bond acceptors (Lipinski definition) is 4. The van der Waals surface area contributed by atoms with Crippen LogP contribution in [0.2, 0.25) is 0 Å². The van der Waals surface area contributed by atoms with Gasteiger partial charge in [0.05, 0.1) is 18.9 Å². The van der Waals surface area contributed by atoms with E-state index in [1.54, 1.807) is 4.90 Å². The number of hydrogen-bond donors (Lipinski definition) is 1. The van der Waals surface area contributed by atoms with Crippen LogP contribution in [0.3, 0.4) is 0 Å². The van der Waals surface area contributed by atoms with Crippen molar-refractivity contribution < 1.29 is 14.3 Å². The van der Waals surface area contributed by atoms with Gasteiger partial charge in [0.25, 0.3) is 11.8 Å². The van der Waals surface area contributed by atoms with Gasteiger partial charge < -0.3 is 19.5 Å². The molecule has 1 fully saturated rings. The van der Waals surface area contributed by atoms with Gasteiger partial charge in [0.15, 0.2) is 5.82 Å². The SMILES string of the molecule is O=C(NCCC1=CCCCC1)c1nc(C(=O)N2CCOCC2)n2c1CCCC2. The number of morpholine rings is 1. The molecule has 4 rings (SSSR count). The molecule has 1 aliphatic carbocycles. The van der Waals surface area contributed by atoms with Crippen LogP contribution in [0.25, 0.3) is 0 Å². The Morgan fingerprint density at radius 3 is 2.68 bits per heavy atom. The first kappa shape index (κ1) is 19.2. The molecule has 0 radical (unpaired) electrons. The standard InChI is InChI=1S/C21H30N4O3/c26-20(22-10-9-16-6-2-1-3-7-16)18-17-8-4-5-11-25(17)19(23-18)21(27)24-12-14-28-15-13-24/h6H,1-5,7-15H2,(H,22,26). The fourth-order valence-electron chi connectivity index (χ4n) is 4.35. The fraction of sp³-hybridized carbons (Fsp3) is 0.667. The van der Waals surface area contributed by atoms with E-state index >= 15 is 0 Å². The van der Waals surface area contributed by atoms with Crippen molar-refractivity contribution in [3.63, 3.8) is 0 Å². The van der Waals surface area contributed by atoms with Crippen molar-refractivity contribution in [1.29, 1.82) is 0 Å². The first-order valence-electron chi connectivity index (χ1n) is 10.7. The smallest absolute Gasteiger partial charge is 0.290 e. The van der Waals surface area contributed by atoms with Gasteiger partial charge in [-0.05, 0) is 51.4 Å². The molecule has 1 N–H and O–H groups in total. The Hall–Kier alpha value is -2.15. The van der Waals surface area contributed by atoms with Crippen LogP contribution < -0.4 is 5.32 Å². The summed E-state index contributed by atoms with van der Waals surface area (Å²) in [7, 11) is 0. The number of aromatic nitrogens is 2. The van der Waals surface area contributed by atoms with Crippen LogP contribution in [0.1, 0.15) is 71.7 Å². The van der Waals surface area contributed by atoms with Gasteiger partial charge in [-0.1, -0.05) is 11.6 Å². The lowest BCUT2D eigenvalue weighted by molar-refractivity contribution is 0.0291. The molecule has 0 spiro atoms. The first-order valence-corrected chi connectivity index (χ1v) is 10.7. The zero-order valence-electron chi connectivity index (χ0n) is 16.5. The average molecular weight is 386 g/mol. The Balaban J connectivity index is 1.47. The number of imidazole rings is 1. The van der Waals surface area contributed by atoms with Crippen LogP contribution in [-0.2, 0) is 17.7 Å². The molecule has 28 heavy (non-hydrogen) atoms. The highest BCUT2D eigenvalue weighted by Crippen LogP contribution is 2.23. The summed E-state index contributed by atoms with van der Waals surface area (Å²) >= 11 is 0. The summed E-state index contributed by atoms with van der Waals surface area (Å²) in [4.78, 5) is 32.1. The third-order valence-corrected chi connectivity index (χ3v) is 5.94. The lowest BCUT2D eigenvalue weighted by atomic mass is 9.97. The van der Waals surface area contributed by atoms with Crippen molar-refractivity contribution in [2.24, 2.45) is 0 Å². The third kappa shape index (κ3) is 4.14. The molecule has 0 bridgehead atoms. The largest absolute Gasteiger partial charge is 0.378 e. The van der Waals surface area contributed by atoms with Gasteiger partial charge >= 0.3 is 0 Å². The predicted molar refractivity (Wildman–Crippen MR) is 105 cm³/mol. The van der Waals surface area contributed by atoms with E-state index in [4.69, 9.17) is 4.74 Å². The molecule has 1 aromatic rings. The lowest BCUT2D eigenvalue weighted by Gasteiger charge is -2.27. The Labute approximate surface area is 166 Å². The molecule has 3 aliphatic rings. The number of nitrogens with zero attached hydrogens (tertiary/aromatic N) is 3.